The molecule has 0 saturated heterocycles. The third kappa shape index (κ3) is 6.25. The average Bonchev–Trinajstić information content (AvgIpc) is 2.49. The second kappa shape index (κ2) is 9.29. The van der Waals surface area contributed by atoms with E-state index in [-0.39, 0.29) is 24.5 Å². The Hall–Kier alpha value is -2.77. The van der Waals surface area contributed by atoms with E-state index in [4.69, 9.17) is 4.74 Å². The van der Waals surface area contributed by atoms with Crippen LogP contribution in [0.1, 0.15) is 25.8 Å². The van der Waals surface area contributed by atoms with Crippen molar-refractivity contribution >= 4 is 23.6 Å². The van der Waals surface area contributed by atoms with Gasteiger partial charge in [0.15, 0.2) is 5.71 Å². The number of hydrogen-bond donors (Lipinski definition) is 1. The molecule has 7 nitrogen and oxygen atoms in total. The molecule has 1 N–H and O–H groups in total. The smallest absolute Gasteiger partial charge is 0.359 e. The van der Waals surface area contributed by atoms with Gasteiger partial charge in [0.2, 0.25) is 0 Å². The molecule has 1 rings (SSSR count). The summed E-state index contributed by atoms with van der Waals surface area (Å²) in [5.41, 5.74) is 2.14. The Morgan fingerprint density at radius 3 is 2.26 bits per heavy atom. The molecule has 0 spiro atoms. The molecule has 0 radical (unpaired) electrons. The Morgan fingerprint density at radius 2 is 1.70 bits per heavy atom. The highest BCUT2D eigenvalue weighted by Crippen LogP contribution is 2.06. The highest BCUT2D eigenvalue weighted by molar-refractivity contribution is 6.43. The van der Waals surface area contributed by atoms with E-state index < -0.39 is 30.1 Å². The van der Waals surface area contributed by atoms with E-state index in [9.17, 15) is 18.8 Å². The molecule has 8 heteroatoms. The molecule has 0 aliphatic heterocycles. The maximum absolute atomic E-state index is 13.0. The Kier molecular flexibility index (Phi) is 7.38. The normalized spacial score (nSPS) is 10.8. The number of hydrogen-bond acceptors (Lipinski definition) is 6. The van der Waals surface area contributed by atoms with Crippen LogP contribution in [-0.4, -0.2) is 36.8 Å². The molecule has 0 heterocycles. The summed E-state index contributed by atoms with van der Waals surface area (Å²) in [5, 5.41) is 3.67. The van der Waals surface area contributed by atoms with E-state index in [2.05, 4.69) is 15.3 Å². The molecule has 0 unspecified atom stereocenters. The van der Waals surface area contributed by atoms with Gasteiger partial charge in [0, 0.05) is 5.56 Å². The number of esters is 2. The summed E-state index contributed by atoms with van der Waals surface area (Å²) in [4.78, 5) is 34.6. The maximum atomic E-state index is 13.0. The molecular formula is C15H17FN2O5. The number of hydrazone groups is 1. The summed E-state index contributed by atoms with van der Waals surface area (Å²) in [6.07, 6.45) is -0.531. The first-order chi connectivity index (χ1) is 11.0. The van der Waals surface area contributed by atoms with E-state index in [1.165, 1.54) is 12.1 Å². The molecule has 0 aliphatic carbocycles. The minimum Gasteiger partial charge on any atom is -0.466 e. The van der Waals surface area contributed by atoms with E-state index in [0.717, 1.165) is 12.1 Å². The van der Waals surface area contributed by atoms with Gasteiger partial charge in [-0.05, 0) is 38.1 Å². The third-order valence-corrected chi connectivity index (χ3v) is 2.49. The number of nitrogens with one attached hydrogen (secondary N) is 1. The van der Waals surface area contributed by atoms with Gasteiger partial charge < -0.3 is 9.47 Å². The summed E-state index contributed by atoms with van der Waals surface area (Å²) >= 11 is 0. The van der Waals surface area contributed by atoms with Crippen LogP contribution in [0.4, 0.5) is 4.39 Å². The van der Waals surface area contributed by atoms with E-state index in [0.29, 0.717) is 0 Å². The quantitative estimate of drug-likeness (QED) is 0.351. The SMILES string of the molecule is CCOC(=O)CC(=O)N/N=C(\C(=O)OCC)c1ccc(F)cc1. The lowest BCUT2D eigenvalue weighted by Crippen LogP contribution is -2.27. The number of amides is 1. The van der Waals surface area contributed by atoms with Crippen LogP contribution in [-0.2, 0) is 23.9 Å². The summed E-state index contributed by atoms with van der Waals surface area (Å²) in [6.45, 7) is 3.48. The average molecular weight is 324 g/mol. The van der Waals surface area contributed by atoms with Crippen molar-refractivity contribution in [3.8, 4) is 0 Å². The molecule has 0 bridgehead atoms. The van der Waals surface area contributed by atoms with E-state index in [1.54, 1.807) is 13.8 Å². The summed E-state index contributed by atoms with van der Waals surface area (Å²) < 4.78 is 22.4. The standard InChI is InChI=1S/C15H17FN2O5/c1-3-22-13(20)9-12(19)17-18-14(15(21)23-4-2)10-5-7-11(16)8-6-10/h5-8H,3-4,9H2,1-2H3,(H,17,19)/b18-14-. The number of benzene rings is 1. The fourth-order valence-corrected chi connectivity index (χ4v) is 1.54. The van der Waals surface area contributed by atoms with Gasteiger partial charge in [-0.3, -0.25) is 9.59 Å². The lowest BCUT2D eigenvalue weighted by molar-refractivity contribution is -0.146. The zero-order chi connectivity index (χ0) is 17.2. The molecular weight excluding hydrogens is 307 g/mol. The zero-order valence-electron chi connectivity index (χ0n) is 12.8. The molecule has 0 aliphatic rings. The Morgan fingerprint density at radius 1 is 1.09 bits per heavy atom. The molecule has 0 fully saturated rings. The number of nitrogens with zero attached hydrogens (tertiary/aromatic N) is 1. The lowest BCUT2D eigenvalue weighted by atomic mass is 10.1. The number of carbonyl (C=O) groups excluding carboxylic acids is 3. The van der Waals surface area contributed by atoms with Gasteiger partial charge in [0.25, 0.3) is 5.91 Å². The minimum absolute atomic E-state index is 0.107. The molecule has 0 saturated carbocycles. The van der Waals surface area contributed by atoms with Crippen LogP contribution in [0, 0.1) is 5.82 Å². The van der Waals surface area contributed by atoms with Crippen LogP contribution < -0.4 is 5.43 Å². The fourth-order valence-electron chi connectivity index (χ4n) is 1.54. The van der Waals surface area contributed by atoms with Crippen LogP contribution in [0.15, 0.2) is 29.4 Å². The first-order valence-electron chi connectivity index (χ1n) is 6.93. The predicted molar refractivity (Wildman–Crippen MR) is 79.0 cm³/mol. The van der Waals surface area contributed by atoms with Crippen molar-refractivity contribution in [2.24, 2.45) is 5.10 Å². The third-order valence-electron chi connectivity index (χ3n) is 2.49. The van der Waals surface area contributed by atoms with Crippen LogP contribution in [0.5, 0.6) is 0 Å². The monoisotopic (exact) mass is 324 g/mol. The van der Waals surface area contributed by atoms with Gasteiger partial charge in [0.1, 0.15) is 12.2 Å². The number of ether oxygens (including phenoxy) is 2. The molecule has 1 amide bonds. The van der Waals surface area contributed by atoms with Crippen molar-refractivity contribution in [2.45, 2.75) is 20.3 Å². The van der Waals surface area contributed by atoms with Crippen molar-refractivity contribution in [2.75, 3.05) is 13.2 Å². The minimum atomic E-state index is -0.782. The molecule has 124 valence electrons. The van der Waals surface area contributed by atoms with Gasteiger partial charge in [-0.15, -0.1) is 0 Å². The molecule has 23 heavy (non-hydrogen) atoms. The largest absolute Gasteiger partial charge is 0.466 e. The molecule has 1 aromatic carbocycles. The van der Waals surface area contributed by atoms with Gasteiger partial charge >= 0.3 is 11.9 Å². The van der Waals surface area contributed by atoms with Crippen molar-refractivity contribution < 1.29 is 28.2 Å². The highest BCUT2D eigenvalue weighted by Gasteiger charge is 2.17. The summed E-state index contributed by atoms with van der Waals surface area (Å²) in [7, 11) is 0. The van der Waals surface area contributed by atoms with Crippen molar-refractivity contribution in [3.05, 3.63) is 35.6 Å². The number of halogens is 1. The first kappa shape index (κ1) is 18.3. The van der Waals surface area contributed by atoms with Crippen molar-refractivity contribution in [1.29, 1.82) is 0 Å². The van der Waals surface area contributed by atoms with Gasteiger partial charge in [-0.1, -0.05) is 0 Å². The Balaban J connectivity index is 2.87. The van der Waals surface area contributed by atoms with Crippen LogP contribution in [0.2, 0.25) is 0 Å². The second-order valence-electron chi connectivity index (χ2n) is 4.20. The van der Waals surface area contributed by atoms with Gasteiger partial charge in [0.05, 0.1) is 13.2 Å². The second-order valence-corrected chi connectivity index (χ2v) is 4.20. The van der Waals surface area contributed by atoms with Crippen molar-refractivity contribution in [1.82, 2.24) is 5.43 Å². The van der Waals surface area contributed by atoms with Crippen LogP contribution >= 0.6 is 0 Å². The van der Waals surface area contributed by atoms with E-state index >= 15 is 0 Å². The molecule has 1 aromatic rings. The predicted octanol–water partition coefficient (Wildman–Crippen LogP) is 1.16. The fraction of sp³-hybridized carbons (Fsp3) is 0.333. The van der Waals surface area contributed by atoms with Crippen molar-refractivity contribution in [3.63, 3.8) is 0 Å². The van der Waals surface area contributed by atoms with Crippen LogP contribution in [0.25, 0.3) is 0 Å². The Labute approximate surface area is 132 Å². The van der Waals surface area contributed by atoms with Crippen LogP contribution in [0.3, 0.4) is 0 Å². The molecule has 0 atom stereocenters. The summed E-state index contributed by atoms with van der Waals surface area (Å²) in [5.74, 6) is -2.72. The number of carbonyl (C=O) groups is 3. The maximum Gasteiger partial charge on any atom is 0.359 e. The summed E-state index contributed by atoms with van der Waals surface area (Å²) in [6, 6.07) is 4.93. The zero-order valence-corrected chi connectivity index (χ0v) is 12.8. The first-order valence-corrected chi connectivity index (χ1v) is 6.93. The van der Waals surface area contributed by atoms with E-state index in [1.807, 2.05) is 0 Å². The van der Waals surface area contributed by atoms with Gasteiger partial charge in [-0.25, -0.2) is 14.6 Å². The lowest BCUT2D eigenvalue weighted by Gasteiger charge is -2.07. The number of rotatable bonds is 7. The highest BCUT2D eigenvalue weighted by atomic mass is 19.1. The topological polar surface area (TPSA) is 94.1 Å². The van der Waals surface area contributed by atoms with Gasteiger partial charge in [-0.2, -0.15) is 5.10 Å². The molecule has 0 aromatic heterocycles. The Bertz CT molecular complexity index is 598.